The van der Waals surface area contributed by atoms with Crippen molar-refractivity contribution in [2.45, 2.75) is 23.9 Å². The Morgan fingerprint density at radius 1 is 1.12 bits per heavy atom. The Morgan fingerprint density at radius 3 is 2.50 bits per heavy atom. The van der Waals surface area contributed by atoms with Gasteiger partial charge in [-0.25, -0.2) is 4.98 Å². The zero-order valence-electron chi connectivity index (χ0n) is 13.6. The summed E-state index contributed by atoms with van der Waals surface area (Å²) in [6.07, 6.45) is 2.21. The van der Waals surface area contributed by atoms with Crippen LogP contribution in [0.5, 0.6) is 5.75 Å². The highest BCUT2D eigenvalue weighted by atomic mass is 35.5. The standard InChI is InChI=1S/C18H13Cl3N2O2S/c1-25-16-7-15(12(20)6-13(16)21)23-17(24)10-4-11(19)9(8-2-3-8)5-14(10)22-18(23)26/h4-8H,2-3H2,1H3,(H,22,26). The second-order valence-electron chi connectivity index (χ2n) is 6.16. The highest BCUT2D eigenvalue weighted by Crippen LogP contribution is 2.44. The van der Waals surface area contributed by atoms with Crippen molar-refractivity contribution in [1.29, 1.82) is 0 Å². The molecule has 1 fully saturated rings. The molecule has 0 amide bonds. The number of halogens is 3. The van der Waals surface area contributed by atoms with E-state index in [4.69, 9.17) is 39.5 Å². The van der Waals surface area contributed by atoms with Crippen molar-refractivity contribution in [3.05, 3.63) is 55.3 Å². The van der Waals surface area contributed by atoms with Gasteiger partial charge in [0, 0.05) is 11.1 Å². The predicted molar refractivity (Wildman–Crippen MR) is 108 cm³/mol. The zero-order valence-corrected chi connectivity index (χ0v) is 16.8. The Kier molecular flexibility index (Phi) is 4.59. The molecule has 4 rings (SSSR count). The number of thiol groups is 1. The zero-order chi connectivity index (χ0) is 18.6. The first-order valence-corrected chi connectivity index (χ1v) is 9.47. The molecule has 2 aromatic carbocycles. The van der Waals surface area contributed by atoms with Crippen molar-refractivity contribution >= 4 is 58.3 Å². The minimum Gasteiger partial charge on any atom is -0.495 e. The first-order chi connectivity index (χ1) is 12.4. The summed E-state index contributed by atoms with van der Waals surface area (Å²) in [6, 6.07) is 6.65. The van der Waals surface area contributed by atoms with Gasteiger partial charge in [-0.05, 0) is 42.5 Å². The molecular formula is C18H13Cl3N2O2S. The van der Waals surface area contributed by atoms with Crippen molar-refractivity contribution in [2.75, 3.05) is 7.11 Å². The van der Waals surface area contributed by atoms with Gasteiger partial charge in [-0.1, -0.05) is 34.8 Å². The lowest BCUT2D eigenvalue weighted by Crippen LogP contribution is -2.21. The molecule has 1 aliphatic carbocycles. The number of ether oxygens (including phenoxy) is 1. The van der Waals surface area contributed by atoms with E-state index >= 15 is 0 Å². The second-order valence-corrected chi connectivity index (χ2v) is 7.78. The fraction of sp³-hybridized carbons (Fsp3) is 0.222. The summed E-state index contributed by atoms with van der Waals surface area (Å²) in [6.45, 7) is 0. The van der Waals surface area contributed by atoms with Crippen LogP contribution >= 0.6 is 47.4 Å². The van der Waals surface area contributed by atoms with Crippen LogP contribution in [0, 0.1) is 0 Å². The van der Waals surface area contributed by atoms with Crippen LogP contribution in [0.4, 0.5) is 0 Å². The smallest absolute Gasteiger partial charge is 0.266 e. The highest BCUT2D eigenvalue weighted by molar-refractivity contribution is 7.80. The molecule has 0 radical (unpaired) electrons. The van der Waals surface area contributed by atoms with E-state index in [1.807, 2.05) is 6.07 Å². The van der Waals surface area contributed by atoms with Gasteiger partial charge in [0.05, 0.1) is 33.7 Å². The largest absolute Gasteiger partial charge is 0.495 e. The SMILES string of the molecule is COc1cc(-n2c(S)nc3cc(C4CC4)c(Cl)cc3c2=O)c(Cl)cc1Cl. The summed E-state index contributed by atoms with van der Waals surface area (Å²) in [5, 5.41) is 1.84. The Labute approximate surface area is 170 Å². The fourth-order valence-corrected chi connectivity index (χ4v) is 4.15. The molecule has 0 saturated heterocycles. The number of fused-ring (bicyclic) bond motifs is 1. The Balaban J connectivity index is 2.00. The molecule has 0 aliphatic heterocycles. The van der Waals surface area contributed by atoms with Gasteiger partial charge in [-0.15, -0.1) is 12.6 Å². The van der Waals surface area contributed by atoms with E-state index in [-0.39, 0.29) is 15.7 Å². The van der Waals surface area contributed by atoms with E-state index in [0.717, 1.165) is 18.4 Å². The molecule has 0 spiro atoms. The van der Waals surface area contributed by atoms with E-state index in [1.54, 1.807) is 12.1 Å². The molecule has 1 aliphatic rings. The number of rotatable bonds is 3. The molecule has 134 valence electrons. The molecule has 26 heavy (non-hydrogen) atoms. The van der Waals surface area contributed by atoms with Crippen LogP contribution in [0.1, 0.15) is 24.3 Å². The summed E-state index contributed by atoms with van der Waals surface area (Å²) in [7, 11) is 1.49. The van der Waals surface area contributed by atoms with E-state index in [0.29, 0.717) is 38.3 Å². The molecule has 1 saturated carbocycles. The maximum absolute atomic E-state index is 13.1. The summed E-state index contributed by atoms with van der Waals surface area (Å²) in [5.41, 5.74) is 1.68. The second kappa shape index (κ2) is 6.64. The van der Waals surface area contributed by atoms with Gasteiger partial charge in [-0.2, -0.15) is 0 Å². The van der Waals surface area contributed by atoms with Crippen LogP contribution in [0.15, 0.2) is 34.2 Å². The van der Waals surface area contributed by atoms with E-state index < -0.39 is 0 Å². The molecule has 4 nitrogen and oxygen atoms in total. The van der Waals surface area contributed by atoms with Crippen molar-refractivity contribution in [3.63, 3.8) is 0 Å². The summed E-state index contributed by atoms with van der Waals surface area (Å²) in [4.78, 5) is 17.6. The normalized spacial score (nSPS) is 14.0. The number of aromatic nitrogens is 2. The van der Waals surface area contributed by atoms with Crippen molar-refractivity contribution in [1.82, 2.24) is 9.55 Å². The van der Waals surface area contributed by atoms with Gasteiger partial charge in [-0.3, -0.25) is 9.36 Å². The van der Waals surface area contributed by atoms with E-state index in [9.17, 15) is 4.79 Å². The minimum atomic E-state index is -0.310. The van der Waals surface area contributed by atoms with E-state index in [2.05, 4.69) is 17.6 Å². The molecule has 3 aromatic rings. The van der Waals surface area contributed by atoms with Crippen LogP contribution in [-0.4, -0.2) is 16.7 Å². The molecule has 0 unspecified atom stereocenters. The van der Waals surface area contributed by atoms with Gasteiger partial charge in [0.25, 0.3) is 5.56 Å². The average molecular weight is 428 g/mol. The van der Waals surface area contributed by atoms with Crippen molar-refractivity contribution in [3.8, 4) is 11.4 Å². The lowest BCUT2D eigenvalue weighted by molar-refractivity contribution is 0.414. The Bertz CT molecular complexity index is 1110. The summed E-state index contributed by atoms with van der Waals surface area (Å²) in [5.74, 6) is 0.849. The molecular weight excluding hydrogens is 415 g/mol. The third-order valence-corrected chi connectivity index (χ3v) is 5.67. The maximum Gasteiger partial charge on any atom is 0.266 e. The maximum atomic E-state index is 13.1. The van der Waals surface area contributed by atoms with Gasteiger partial charge in [0.15, 0.2) is 5.16 Å². The van der Waals surface area contributed by atoms with Crippen LogP contribution < -0.4 is 10.3 Å². The first-order valence-electron chi connectivity index (χ1n) is 7.89. The van der Waals surface area contributed by atoms with Gasteiger partial charge < -0.3 is 4.74 Å². The van der Waals surface area contributed by atoms with Gasteiger partial charge in [0.1, 0.15) is 5.75 Å². The molecule has 0 N–H and O–H groups in total. The molecule has 0 atom stereocenters. The van der Waals surface area contributed by atoms with Crippen LogP contribution in [0.25, 0.3) is 16.6 Å². The summed E-state index contributed by atoms with van der Waals surface area (Å²) >= 11 is 23.2. The number of hydrogen-bond donors (Lipinski definition) is 1. The predicted octanol–water partition coefficient (Wildman–Crippen LogP) is 5.52. The quantitative estimate of drug-likeness (QED) is 0.442. The fourth-order valence-electron chi connectivity index (χ4n) is 2.98. The first kappa shape index (κ1) is 18.0. The molecule has 0 bridgehead atoms. The number of nitrogens with zero attached hydrogens (tertiary/aromatic N) is 2. The minimum absolute atomic E-state index is 0.220. The lowest BCUT2D eigenvalue weighted by atomic mass is 10.1. The third kappa shape index (κ3) is 2.97. The Hall–Kier alpha value is -1.40. The third-order valence-electron chi connectivity index (χ3n) is 4.45. The molecule has 1 aromatic heterocycles. The molecule has 8 heteroatoms. The average Bonchev–Trinajstić information content (AvgIpc) is 3.42. The lowest BCUT2D eigenvalue weighted by Gasteiger charge is -2.14. The van der Waals surface area contributed by atoms with Crippen molar-refractivity contribution < 1.29 is 4.74 Å². The van der Waals surface area contributed by atoms with Crippen LogP contribution in [0.2, 0.25) is 15.1 Å². The Morgan fingerprint density at radius 2 is 1.85 bits per heavy atom. The highest BCUT2D eigenvalue weighted by Gasteiger charge is 2.27. The number of hydrogen-bond acceptors (Lipinski definition) is 4. The van der Waals surface area contributed by atoms with Crippen LogP contribution in [-0.2, 0) is 0 Å². The van der Waals surface area contributed by atoms with E-state index in [1.165, 1.54) is 17.7 Å². The number of methoxy groups -OCH3 is 1. The van der Waals surface area contributed by atoms with Crippen LogP contribution in [0.3, 0.4) is 0 Å². The van der Waals surface area contributed by atoms with Gasteiger partial charge in [0.2, 0.25) is 0 Å². The monoisotopic (exact) mass is 426 g/mol. The topological polar surface area (TPSA) is 44.1 Å². The van der Waals surface area contributed by atoms with Gasteiger partial charge >= 0.3 is 0 Å². The molecule has 1 heterocycles. The number of benzene rings is 2. The van der Waals surface area contributed by atoms with Crippen molar-refractivity contribution in [2.24, 2.45) is 0 Å². The summed E-state index contributed by atoms with van der Waals surface area (Å²) < 4.78 is 6.54.